The van der Waals surface area contributed by atoms with Crippen LogP contribution in [0.2, 0.25) is 0 Å². The molecule has 0 amide bonds. The average Bonchev–Trinajstić information content (AvgIpc) is 2.06. The minimum absolute atomic E-state index is 0.00347. The maximum Gasteiger partial charge on any atom is 0.367 e. The number of rotatable bonds is 3. The second-order valence-electron chi connectivity index (χ2n) is 3.27. The van der Waals surface area contributed by atoms with Gasteiger partial charge in [0.25, 0.3) is 0 Å². The van der Waals surface area contributed by atoms with E-state index in [1.807, 2.05) is 0 Å². The maximum absolute atomic E-state index is 12.9. The number of halogens is 1. The molecule has 0 aromatic carbocycles. The Morgan fingerprint density at radius 1 is 1.42 bits per heavy atom. The van der Waals surface area contributed by atoms with Gasteiger partial charge in [0.1, 0.15) is 0 Å². The lowest BCUT2D eigenvalue weighted by Gasteiger charge is -2.22. The van der Waals surface area contributed by atoms with Crippen LogP contribution in [0, 0.1) is 0 Å². The van der Waals surface area contributed by atoms with Crippen LogP contribution in [0.5, 0.6) is 0 Å². The highest BCUT2D eigenvalue weighted by Crippen LogP contribution is 2.50. The van der Waals surface area contributed by atoms with E-state index in [1.165, 1.54) is 6.42 Å². The first kappa shape index (κ1) is 10.2. The molecular weight excluding hydrogens is 178 g/mol. The Bertz CT molecular complexity index is 178. The average molecular weight is 194 g/mol. The van der Waals surface area contributed by atoms with E-state index in [1.54, 1.807) is 6.92 Å². The molecule has 0 bridgehead atoms. The molecule has 1 saturated carbocycles. The zero-order valence-corrected chi connectivity index (χ0v) is 8.36. The van der Waals surface area contributed by atoms with Crippen LogP contribution in [-0.2, 0) is 9.09 Å². The van der Waals surface area contributed by atoms with E-state index in [0.717, 1.165) is 25.7 Å². The highest BCUT2D eigenvalue weighted by molar-refractivity contribution is 7.53. The van der Waals surface area contributed by atoms with Gasteiger partial charge in [-0.2, -0.15) is 4.20 Å². The molecule has 1 aliphatic carbocycles. The molecular formula is C8H16FO2P. The van der Waals surface area contributed by atoms with Crippen molar-refractivity contribution in [2.75, 3.05) is 6.16 Å². The van der Waals surface area contributed by atoms with Gasteiger partial charge in [-0.3, -0.25) is 4.57 Å². The summed E-state index contributed by atoms with van der Waals surface area (Å²) in [6.07, 6.45) is 5.01. The molecule has 0 aromatic heterocycles. The van der Waals surface area contributed by atoms with Gasteiger partial charge in [0.05, 0.1) is 12.3 Å². The van der Waals surface area contributed by atoms with E-state index >= 15 is 0 Å². The van der Waals surface area contributed by atoms with Gasteiger partial charge >= 0.3 is 7.68 Å². The van der Waals surface area contributed by atoms with Gasteiger partial charge in [-0.25, -0.2) is 0 Å². The van der Waals surface area contributed by atoms with E-state index in [4.69, 9.17) is 4.52 Å². The predicted molar refractivity (Wildman–Crippen MR) is 47.2 cm³/mol. The van der Waals surface area contributed by atoms with E-state index < -0.39 is 7.68 Å². The Balaban J connectivity index is 2.34. The van der Waals surface area contributed by atoms with Crippen molar-refractivity contribution in [2.24, 2.45) is 0 Å². The van der Waals surface area contributed by atoms with Crippen LogP contribution in [-0.4, -0.2) is 12.3 Å². The first-order chi connectivity index (χ1) is 5.64. The van der Waals surface area contributed by atoms with Gasteiger partial charge in [0.15, 0.2) is 0 Å². The molecule has 1 rings (SSSR count). The highest BCUT2D eigenvalue weighted by Gasteiger charge is 2.25. The van der Waals surface area contributed by atoms with Crippen molar-refractivity contribution >= 4 is 7.68 Å². The normalized spacial score (nSPS) is 25.2. The summed E-state index contributed by atoms with van der Waals surface area (Å²) in [6.45, 7) is 1.56. The fourth-order valence-electron chi connectivity index (χ4n) is 1.47. The molecule has 1 atom stereocenters. The van der Waals surface area contributed by atoms with Crippen molar-refractivity contribution in [1.82, 2.24) is 0 Å². The van der Waals surface area contributed by atoms with E-state index in [2.05, 4.69) is 0 Å². The zero-order chi connectivity index (χ0) is 9.03. The van der Waals surface area contributed by atoms with E-state index in [-0.39, 0.29) is 12.3 Å². The van der Waals surface area contributed by atoms with Crippen molar-refractivity contribution < 1.29 is 13.3 Å². The highest BCUT2D eigenvalue weighted by atomic mass is 31.2. The van der Waals surface area contributed by atoms with E-state index in [9.17, 15) is 8.76 Å². The molecule has 72 valence electrons. The molecule has 0 aromatic rings. The van der Waals surface area contributed by atoms with Crippen LogP contribution in [0.1, 0.15) is 39.0 Å². The van der Waals surface area contributed by atoms with Gasteiger partial charge in [0, 0.05) is 0 Å². The van der Waals surface area contributed by atoms with Crippen molar-refractivity contribution in [2.45, 2.75) is 45.1 Å². The van der Waals surface area contributed by atoms with E-state index in [0.29, 0.717) is 0 Å². The molecule has 1 unspecified atom stereocenters. The molecule has 1 aliphatic rings. The lowest BCUT2D eigenvalue weighted by molar-refractivity contribution is 0.146. The summed E-state index contributed by atoms with van der Waals surface area (Å²) in [5.41, 5.74) is 0. The van der Waals surface area contributed by atoms with Crippen molar-refractivity contribution in [3.63, 3.8) is 0 Å². The Labute approximate surface area is 73.1 Å². The first-order valence-corrected chi connectivity index (χ1v) is 6.31. The van der Waals surface area contributed by atoms with Crippen molar-refractivity contribution in [3.8, 4) is 0 Å². The minimum atomic E-state index is -3.74. The molecule has 0 heterocycles. The fourth-order valence-corrected chi connectivity index (χ4v) is 2.27. The summed E-state index contributed by atoms with van der Waals surface area (Å²) < 4.78 is 28.8. The number of hydrogen-bond donors (Lipinski definition) is 0. The summed E-state index contributed by atoms with van der Waals surface area (Å²) in [6, 6.07) is 0. The second-order valence-corrected chi connectivity index (χ2v) is 5.30. The number of hydrogen-bond acceptors (Lipinski definition) is 2. The standard InChI is InChI=1S/C8H16FO2P/c1-2-12(9,10)11-8-6-4-3-5-7-8/h8H,2-7H2,1H3. The molecule has 0 spiro atoms. The van der Waals surface area contributed by atoms with Crippen LogP contribution in [0.15, 0.2) is 0 Å². The fraction of sp³-hybridized carbons (Fsp3) is 1.00. The van der Waals surface area contributed by atoms with Gasteiger partial charge in [0.2, 0.25) is 0 Å². The molecule has 4 heteroatoms. The lowest BCUT2D eigenvalue weighted by Crippen LogP contribution is -2.14. The zero-order valence-electron chi connectivity index (χ0n) is 7.46. The molecule has 0 aliphatic heterocycles. The predicted octanol–water partition coefficient (Wildman–Crippen LogP) is 3.52. The molecule has 1 fully saturated rings. The van der Waals surface area contributed by atoms with Crippen LogP contribution in [0.4, 0.5) is 4.20 Å². The van der Waals surface area contributed by atoms with Crippen LogP contribution < -0.4 is 0 Å². The summed E-state index contributed by atoms with van der Waals surface area (Å²) in [7, 11) is -3.74. The molecule has 0 radical (unpaired) electrons. The summed E-state index contributed by atoms with van der Waals surface area (Å²) in [5.74, 6) is 0. The van der Waals surface area contributed by atoms with Gasteiger partial charge in [-0.15, -0.1) is 0 Å². The third-order valence-corrected chi connectivity index (χ3v) is 3.60. The lowest BCUT2D eigenvalue weighted by atomic mass is 9.98. The van der Waals surface area contributed by atoms with Gasteiger partial charge in [-0.05, 0) is 12.8 Å². The molecule has 0 saturated heterocycles. The largest absolute Gasteiger partial charge is 0.367 e. The SMILES string of the molecule is CCP(=O)(F)OC1CCCCC1. The third kappa shape index (κ3) is 3.24. The third-order valence-electron chi connectivity index (χ3n) is 2.24. The Kier molecular flexibility index (Phi) is 3.73. The Hall–Kier alpha value is 0.120. The first-order valence-electron chi connectivity index (χ1n) is 4.61. The molecule has 12 heavy (non-hydrogen) atoms. The summed E-state index contributed by atoms with van der Waals surface area (Å²) in [5, 5.41) is 0. The Morgan fingerprint density at radius 3 is 2.50 bits per heavy atom. The maximum atomic E-state index is 12.9. The summed E-state index contributed by atoms with van der Waals surface area (Å²) in [4.78, 5) is 0. The topological polar surface area (TPSA) is 26.3 Å². The van der Waals surface area contributed by atoms with Gasteiger partial charge < -0.3 is 4.52 Å². The molecule has 2 nitrogen and oxygen atoms in total. The Morgan fingerprint density at radius 2 is 2.00 bits per heavy atom. The van der Waals surface area contributed by atoms with Crippen molar-refractivity contribution in [1.29, 1.82) is 0 Å². The van der Waals surface area contributed by atoms with Gasteiger partial charge in [-0.1, -0.05) is 26.2 Å². The monoisotopic (exact) mass is 194 g/mol. The van der Waals surface area contributed by atoms with Crippen LogP contribution in [0.3, 0.4) is 0 Å². The smallest absolute Gasteiger partial charge is 0.302 e. The molecule has 0 N–H and O–H groups in total. The minimum Gasteiger partial charge on any atom is -0.302 e. The van der Waals surface area contributed by atoms with Crippen LogP contribution in [0.25, 0.3) is 0 Å². The second kappa shape index (κ2) is 4.38. The quantitative estimate of drug-likeness (QED) is 0.642. The van der Waals surface area contributed by atoms with Crippen molar-refractivity contribution in [3.05, 3.63) is 0 Å². The van der Waals surface area contributed by atoms with Crippen LogP contribution >= 0.6 is 7.68 Å². The summed E-state index contributed by atoms with van der Waals surface area (Å²) >= 11 is 0.